The third-order valence-corrected chi connectivity index (χ3v) is 0. The van der Waals surface area contributed by atoms with Gasteiger partial charge in [0.15, 0.2) is 0 Å². The van der Waals surface area contributed by atoms with Crippen LogP contribution >= 0.6 is 0 Å². The van der Waals surface area contributed by atoms with E-state index in [9.17, 15) is 0 Å². The summed E-state index contributed by atoms with van der Waals surface area (Å²) in [6.45, 7) is 2.92. The smallest absolute Gasteiger partial charge is 0.550 e. The number of carbonyl (C=O) groups excluding carboxylic acids is 3. The van der Waals surface area contributed by atoms with Gasteiger partial charge in [0, 0.05) is 35.3 Å². The summed E-state index contributed by atoms with van der Waals surface area (Å²) < 4.78 is 0. The molecule has 0 atom stereocenters. The molecule has 0 bridgehead atoms. The fourth-order valence-corrected chi connectivity index (χ4v) is 0. The first kappa shape index (κ1) is 29.2. The molecule has 0 aliphatic heterocycles. The molecule has 0 N–H and O–H groups in total. The predicted octanol–water partition coefficient (Wildman–Crippen LogP) is -3.74. The van der Waals surface area contributed by atoms with Gasteiger partial charge in [-0.1, -0.05) is 0 Å². The second-order valence-corrected chi connectivity index (χ2v) is 1.47. The summed E-state index contributed by atoms with van der Waals surface area (Å²) in [5.41, 5.74) is 0. The second kappa shape index (κ2) is 22.9. The fraction of sp³-hybridized carbons (Fsp3) is 0.500. The Morgan fingerprint density at radius 1 is 0.714 bits per heavy atom. The zero-order chi connectivity index (χ0) is 10.7. The Labute approximate surface area is 103 Å². The van der Waals surface area contributed by atoms with Gasteiger partial charge in [-0.05, 0) is 20.8 Å². The number of carboxylic acid groups (broad SMARTS) is 3. The van der Waals surface area contributed by atoms with E-state index in [2.05, 4.69) is 0 Å². The topological polar surface area (TPSA) is 120 Å². The normalized spacial score (nSPS) is 5.36. The molecule has 0 rings (SSSR count). The molecule has 0 aliphatic rings. The molecule has 0 aromatic carbocycles. The SMILES string of the molecule is CC(=O)[O-].CC(=O)[O-].CC(=O)[O-].[Cr+3].[Cr]. The van der Waals surface area contributed by atoms with Crippen LogP contribution in [0.4, 0.5) is 0 Å². The molecule has 0 aromatic rings. The summed E-state index contributed by atoms with van der Waals surface area (Å²) >= 11 is 0. The van der Waals surface area contributed by atoms with Gasteiger partial charge in [0.2, 0.25) is 0 Å². The van der Waals surface area contributed by atoms with Gasteiger partial charge in [0.25, 0.3) is 0 Å². The molecule has 14 heavy (non-hydrogen) atoms. The third kappa shape index (κ3) is 4570. The molecule has 0 spiro atoms. The van der Waals surface area contributed by atoms with E-state index in [-0.39, 0.29) is 34.7 Å². The average molecular weight is 281 g/mol. The van der Waals surface area contributed by atoms with Crippen LogP contribution in [0.25, 0.3) is 0 Å². The van der Waals surface area contributed by atoms with Crippen LogP contribution in [0.15, 0.2) is 0 Å². The molecule has 0 amide bonds. The van der Waals surface area contributed by atoms with Crippen LogP contribution in [0.2, 0.25) is 0 Å². The molecule has 0 aliphatic carbocycles. The van der Waals surface area contributed by atoms with Gasteiger partial charge < -0.3 is 29.7 Å². The van der Waals surface area contributed by atoms with Crippen molar-refractivity contribution < 1.29 is 64.4 Å². The summed E-state index contributed by atoms with van der Waals surface area (Å²) in [5.74, 6) is -3.25. The maximum Gasteiger partial charge on any atom is 3.00 e. The summed E-state index contributed by atoms with van der Waals surface area (Å²) in [4.78, 5) is 26.7. The number of hydrogen-bond acceptors (Lipinski definition) is 6. The van der Waals surface area contributed by atoms with Crippen LogP contribution in [-0.2, 0) is 49.1 Å². The number of carboxylic acids is 3. The Morgan fingerprint density at radius 3 is 0.714 bits per heavy atom. The Bertz CT molecular complexity index is 118. The minimum absolute atomic E-state index is 0. The van der Waals surface area contributed by atoms with Crippen molar-refractivity contribution in [3.8, 4) is 0 Å². The van der Waals surface area contributed by atoms with Crippen LogP contribution in [0, 0.1) is 0 Å². The van der Waals surface area contributed by atoms with Crippen LogP contribution in [0.5, 0.6) is 0 Å². The Morgan fingerprint density at radius 2 is 0.714 bits per heavy atom. The van der Waals surface area contributed by atoms with Crippen molar-refractivity contribution in [1.82, 2.24) is 0 Å². The van der Waals surface area contributed by atoms with Gasteiger partial charge in [-0.25, -0.2) is 0 Å². The molecule has 0 fully saturated rings. The standard InChI is InChI=1S/3C2H4O2.2Cr/c3*1-2(3)4;;/h3*1H3,(H,3,4);;/q;;;;+3/p-3. The molecule has 81 valence electrons. The van der Waals surface area contributed by atoms with E-state index < -0.39 is 17.9 Å². The molecule has 0 unspecified atom stereocenters. The van der Waals surface area contributed by atoms with Crippen molar-refractivity contribution in [3.05, 3.63) is 0 Å². The van der Waals surface area contributed by atoms with Crippen LogP contribution < -0.4 is 15.3 Å². The van der Waals surface area contributed by atoms with E-state index in [4.69, 9.17) is 29.7 Å². The summed E-state index contributed by atoms with van der Waals surface area (Å²) in [6.07, 6.45) is 0. The predicted molar refractivity (Wildman–Crippen MR) is 32.0 cm³/mol. The monoisotopic (exact) mass is 281 g/mol. The van der Waals surface area contributed by atoms with E-state index in [0.29, 0.717) is 0 Å². The van der Waals surface area contributed by atoms with Gasteiger partial charge in [0.05, 0.1) is 0 Å². The largest absolute Gasteiger partial charge is 3.00 e. The molecule has 8 heteroatoms. The fourth-order valence-electron chi connectivity index (χ4n) is 0. The molecule has 1 radical (unpaired) electrons. The average Bonchev–Trinajstić information content (AvgIpc) is 1.54. The van der Waals surface area contributed by atoms with Gasteiger partial charge in [-0.15, -0.1) is 0 Å². The van der Waals surface area contributed by atoms with Crippen molar-refractivity contribution in [1.29, 1.82) is 0 Å². The van der Waals surface area contributed by atoms with Crippen molar-refractivity contribution in [2.45, 2.75) is 20.8 Å². The first-order valence-electron chi connectivity index (χ1n) is 2.72. The number of rotatable bonds is 0. The molecule has 0 saturated heterocycles. The Kier molecular flexibility index (Phi) is 47.7. The maximum absolute atomic E-state index is 8.89. The van der Waals surface area contributed by atoms with E-state index in [1.807, 2.05) is 0 Å². The Balaban J connectivity index is -0.0000000270. The van der Waals surface area contributed by atoms with Crippen molar-refractivity contribution in [2.75, 3.05) is 0 Å². The molecule has 0 heterocycles. The number of carbonyl (C=O) groups is 3. The third-order valence-electron chi connectivity index (χ3n) is 0. The maximum atomic E-state index is 8.89. The van der Waals surface area contributed by atoms with Crippen LogP contribution in [0.3, 0.4) is 0 Å². The van der Waals surface area contributed by atoms with Gasteiger partial charge >= 0.3 is 17.4 Å². The summed E-state index contributed by atoms with van der Waals surface area (Å²) in [7, 11) is 0. The summed E-state index contributed by atoms with van der Waals surface area (Å²) in [6, 6.07) is 0. The van der Waals surface area contributed by atoms with E-state index >= 15 is 0 Å². The van der Waals surface area contributed by atoms with Gasteiger partial charge in [0.1, 0.15) is 0 Å². The van der Waals surface area contributed by atoms with Crippen molar-refractivity contribution in [2.24, 2.45) is 0 Å². The van der Waals surface area contributed by atoms with E-state index in [1.54, 1.807) is 0 Å². The quantitative estimate of drug-likeness (QED) is 0.450. The minimum atomic E-state index is -1.08. The van der Waals surface area contributed by atoms with E-state index in [1.165, 1.54) is 0 Å². The van der Waals surface area contributed by atoms with Gasteiger partial charge in [-0.3, -0.25) is 0 Å². The number of hydrogen-bond donors (Lipinski definition) is 0. The zero-order valence-corrected chi connectivity index (χ0v) is 10.3. The zero-order valence-electron chi connectivity index (χ0n) is 7.77. The van der Waals surface area contributed by atoms with Crippen molar-refractivity contribution in [3.63, 3.8) is 0 Å². The minimum Gasteiger partial charge on any atom is -0.550 e. The van der Waals surface area contributed by atoms with Crippen molar-refractivity contribution >= 4 is 17.9 Å². The first-order valence-corrected chi connectivity index (χ1v) is 2.72. The molecular formula is C6H9Cr2O6. The number of aliphatic carboxylic acids is 3. The molecule has 6 nitrogen and oxygen atoms in total. The van der Waals surface area contributed by atoms with Crippen LogP contribution in [0.1, 0.15) is 20.8 Å². The second-order valence-electron chi connectivity index (χ2n) is 1.47. The first-order chi connectivity index (χ1) is 5.20. The molecule has 0 saturated carbocycles. The molecular weight excluding hydrogens is 272 g/mol. The molecule has 0 aromatic heterocycles. The van der Waals surface area contributed by atoms with Gasteiger partial charge in [-0.2, -0.15) is 0 Å². The van der Waals surface area contributed by atoms with Crippen LogP contribution in [-0.4, -0.2) is 17.9 Å². The van der Waals surface area contributed by atoms with E-state index in [0.717, 1.165) is 20.8 Å². The summed E-state index contributed by atoms with van der Waals surface area (Å²) in [5, 5.41) is 26.7. The Hall–Kier alpha value is -0.525.